The number of aromatic amines is 1. The molecule has 0 saturated heterocycles. The third-order valence-electron chi connectivity index (χ3n) is 6.79. The zero-order valence-electron chi connectivity index (χ0n) is 19.7. The number of Topliss-reactive ketones (excluding diaryl/α,β-unsaturated/α-hetero) is 1. The van der Waals surface area contributed by atoms with Crippen LogP contribution in [0.2, 0.25) is 0 Å². The van der Waals surface area contributed by atoms with Gasteiger partial charge in [0.15, 0.2) is 16.7 Å². The van der Waals surface area contributed by atoms with Crippen molar-refractivity contribution in [3.63, 3.8) is 0 Å². The molecule has 0 radical (unpaired) electrons. The number of nitrogens with one attached hydrogen (secondary N) is 2. The summed E-state index contributed by atoms with van der Waals surface area (Å²) in [5.74, 6) is 0.686. The van der Waals surface area contributed by atoms with Crippen molar-refractivity contribution in [3.05, 3.63) is 28.2 Å². The Kier molecular flexibility index (Phi) is 4.77. The van der Waals surface area contributed by atoms with E-state index in [2.05, 4.69) is 25.2 Å². The van der Waals surface area contributed by atoms with E-state index < -0.39 is 0 Å². The predicted molar refractivity (Wildman–Crippen MR) is 132 cm³/mol. The highest BCUT2D eigenvalue weighted by Gasteiger charge is 2.43. The van der Waals surface area contributed by atoms with Crippen LogP contribution in [0.1, 0.15) is 70.9 Å². The molecule has 2 aliphatic rings. The van der Waals surface area contributed by atoms with Gasteiger partial charge in [-0.15, -0.1) is 0 Å². The number of anilines is 2. The van der Waals surface area contributed by atoms with Crippen LogP contribution in [0, 0.1) is 13.8 Å². The molecule has 2 N–H and O–H groups in total. The number of hydrogen-bond donors (Lipinski definition) is 2. The first-order valence-electron chi connectivity index (χ1n) is 11.8. The number of aromatic nitrogens is 5. The number of fused-ring (bicyclic) bond motifs is 3. The van der Waals surface area contributed by atoms with E-state index in [0.29, 0.717) is 45.8 Å². The number of H-pyrrole nitrogens is 1. The molecule has 9 nitrogen and oxygen atoms in total. The number of pyridine rings is 1. The summed E-state index contributed by atoms with van der Waals surface area (Å²) in [4.78, 5) is 45.7. The third kappa shape index (κ3) is 3.23. The number of ketones is 1. The Morgan fingerprint density at radius 1 is 1.21 bits per heavy atom. The zero-order chi connectivity index (χ0) is 23.7. The smallest absolute Gasteiger partial charge is 0.271 e. The lowest BCUT2D eigenvalue weighted by Gasteiger charge is -2.23. The van der Waals surface area contributed by atoms with Crippen LogP contribution in [0.5, 0.6) is 0 Å². The second-order valence-corrected chi connectivity index (χ2v) is 10.3. The summed E-state index contributed by atoms with van der Waals surface area (Å²) in [6.45, 7) is 8.05. The Morgan fingerprint density at radius 2 is 1.91 bits per heavy atom. The molecule has 0 aromatic carbocycles. The molecule has 0 atom stereocenters. The van der Waals surface area contributed by atoms with Gasteiger partial charge >= 0.3 is 0 Å². The largest absolute Gasteiger partial charge is 0.342 e. The maximum absolute atomic E-state index is 13.8. The van der Waals surface area contributed by atoms with E-state index in [1.165, 1.54) is 11.3 Å². The topological polar surface area (TPSA) is 109 Å². The molecular formula is C24H27N7O2S. The fraction of sp³-hybridized carbons (Fsp3) is 0.458. The van der Waals surface area contributed by atoms with E-state index in [1.807, 2.05) is 25.3 Å². The molecule has 4 heterocycles. The first-order valence-corrected chi connectivity index (χ1v) is 12.6. The van der Waals surface area contributed by atoms with Crippen molar-refractivity contribution in [2.24, 2.45) is 0 Å². The molecular weight excluding hydrogens is 450 g/mol. The van der Waals surface area contributed by atoms with Crippen molar-refractivity contribution < 1.29 is 9.59 Å². The van der Waals surface area contributed by atoms with Gasteiger partial charge in [0, 0.05) is 25.6 Å². The third-order valence-corrected chi connectivity index (χ3v) is 7.96. The van der Waals surface area contributed by atoms with Gasteiger partial charge in [0.05, 0.1) is 22.3 Å². The SMILES string of the molecule is CCn1c(C(=O)N(C2CC2)C2CC2)c(C)c2c3nc[nH]c3c(Nc3nc(C)c(C(C)=O)s3)nc21. The summed E-state index contributed by atoms with van der Waals surface area (Å²) < 4.78 is 2.03. The summed E-state index contributed by atoms with van der Waals surface area (Å²) in [5.41, 5.74) is 4.60. The number of imidazole rings is 1. The number of amides is 1. The lowest BCUT2D eigenvalue weighted by atomic mass is 10.1. The molecule has 2 aliphatic carbocycles. The van der Waals surface area contributed by atoms with Gasteiger partial charge in [-0.2, -0.15) is 0 Å². The number of carbonyl (C=O) groups is 2. The minimum atomic E-state index is -0.00679. The van der Waals surface area contributed by atoms with Gasteiger partial charge in [-0.1, -0.05) is 11.3 Å². The van der Waals surface area contributed by atoms with E-state index in [-0.39, 0.29) is 11.7 Å². The van der Waals surface area contributed by atoms with Crippen LogP contribution in [-0.4, -0.2) is 53.2 Å². The maximum atomic E-state index is 13.8. The number of rotatable bonds is 7. The molecule has 34 heavy (non-hydrogen) atoms. The van der Waals surface area contributed by atoms with Crippen molar-refractivity contribution in [1.29, 1.82) is 0 Å². The normalized spacial score (nSPS) is 15.9. The molecule has 2 saturated carbocycles. The predicted octanol–water partition coefficient (Wildman–Crippen LogP) is 4.72. The minimum absolute atomic E-state index is 0.00679. The average molecular weight is 478 g/mol. The van der Waals surface area contributed by atoms with Gasteiger partial charge < -0.3 is 19.8 Å². The van der Waals surface area contributed by atoms with E-state index in [0.717, 1.165) is 53.3 Å². The van der Waals surface area contributed by atoms with Crippen LogP contribution in [0.4, 0.5) is 10.9 Å². The van der Waals surface area contributed by atoms with E-state index >= 15 is 0 Å². The van der Waals surface area contributed by atoms with Gasteiger partial charge in [-0.05, 0) is 52.0 Å². The highest BCUT2D eigenvalue weighted by molar-refractivity contribution is 7.17. The number of nitrogens with zero attached hydrogens (tertiary/aromatic N) is 5. The zero-order valence-corrected chi connectivity index (χ0v) is 20.5. The Labute approximate surface area is 200 Å². The molecule has 176 valence electrons. The minimum Gasteiger partial charge on any atom is -0.342 e. The molecule has 4 aromatic rings. The number of hydrogen-bond acceptors (Lipinski definition) is 7. The van der Waals surface area contributed by atoms with Crippen LogP contribution >= 0.6 is 11.3 Å². The standard InChI is InChI=1S/C24H27N7O2S/c1-5-30-19(23(33)31(14-6-7-14)15-8-9-15)11(2)16-17-18(26-10-25-17)21(28-22(16)30)29-24-27-12(3)20(34-24)13(4)32/h10,14-15H,5-9H2,1-4H3,(H,25,26)(H,27,28,29). The van der Waals surface area contributed by atoms with Gasteiger partial charge in [-0.3, -0.25) is 9.59 Å². The Morgan fingerprint density at radius 3 is 2.50 bits per heavy atom. The fourth-order valence-electron chi connectivity index (χ4n) is 4.96. The summed E-state index contributed by atoms with van der Waals surface area (Å²) in [7, 11) is 0. The number of carbonyl (C=O) groups excluding carboxylic acids is 2. The van der Waals surface area contributed by atoms with Gasteiger partial charge in [0.1, 0.15) is 22.4 Å². The second-order valence-electron chi connectivity index (χ2n) is 9.29. The maximum Gasteiger partial charge on any atom is 0.271 e. The highest BCUT2D eigenvalue weighted by Crippen LogP contribution is 2.41. The Hall–Kier alpha value is -3.27. The summed E-state index contributed by atoms with van der Waals surface area (Å²) in [6, 6.07) is 0.754. The van der Waals surface area contributed by atoms with E-state index in [1.54, 1.807) is 13.3 Å². The summed E-state index contributed by atoms with van der Waals surface area (Å²) in [5, 5.41) is 4.79. The van der Waals surface area contributed by atoms with Crippen LogP contribution in [0.15, 0.2) is 6.33 Å². The first kappa shape index (κ1) is 21.3. The Bertz CT molecular complexity index is 1460. The van der Waals surface area contributed by atoms with Gasteiger partial charge in [-0.25, -0.2) is 15.0 Å². The molecule has 0 aliphatic heterocycles. The molecule has 1 amide bonds. The molecule has 4 aromatic heterocycles. The van der Waals surface area contributed by atoms with Crippen LogP contribution in [-0.2, 0) is 6.54 Å². The van der Waals surface area contributed by atoms with E-state index in [9.17, 15) is 9.59 Å². The lowest BCUT2D eigenvalue weighted by molar-refractivity contribution is 0.0718. The monoisotopic (exact) mass is 477 g/mol. The van der Waals surface area contributed by atoms with Crippen molar-refractivity contribution >= 4 is 56.0 Å². The van der Waals surface area contributed by atoms with E-state index in [4.69, 9.17) is 4.98 Å². The van der Waals surface area contributed by atoms with Crippen LogP contribution in [0.3, 0.4) is 0 Å². The first-order chi connectivity index (χ1) is 16.4. The molecule has 0 spiro atoms. The number of aryl methyl sites for hydroxylation is 3. The van der Waals surface area contributed by atoms with Crippen molar-refractivity contribution in [2.75, 3.05) is 5.32 Å². The van der Waals surface area contributed by atoms with Crippen molar-refractivity contribution in [3.8, 4) is 0 Å². The van der Waals surface area contributed by atoms with Crippen LogP contribution < -0.4 is 5.32 Å². The fourth-order valence-corrected chi connectivity index (χ4v) is 5.83. The lowest BCUT2D eigenvalue weighted by Crippen LogP contribution is -2.36. The molecule has 2 fully saturated rings. The molecule has 10 heteroatoms. The second kappa shape index (κ2) is 7.63. The van der Waals surface area contributed by atoms with Crippen molar-refractivity contribution in [2.45, 2.75) is 72.0 Å². The summed E-state index contributed by atoms with van der Waals surface area (Å²) in [6.07, 6.45) is 6.03. The Balaban J connectivity index is 1.51. The molecule has 0 bridgehead atoms. The molecule has 6 rings (SSSR count). The summed E-state index contributed by atoms with van der Waals surface area (Å²) >= 11 is 1.31. The quantitative estimate of drug-likeness (QED) is 0.373. The highest BCUT2D eigenvalue weighted by atomic mass is 32.1. The van der Waals surface area contributed by atoms with Gasteiger partial charge in [0.2, 0.25) is 0 Å². The van der Waals surface area contributed by atoms with Crippen molar-refractivity contribution in [1.82, 2.24) is 29.4 Å². The molecule has 0 unspecified atom stereocenters. The van der Waals surface area contributed by atoms with Crippen LogP contribution in [0.25, 0.3) is 22.1 Å². The average Bonchev–Trinajstić information content (AvgIpc) is 3.70. The van der Waals surface area contributed by atoms with Gasteiger partial charge in [0.25, 0.3) is 5.91 Å². The number of thiazole rings is 1.